The first-order valence-corrected chi connectivity index (χ1v) is 31.0. The van der Waals surface area contributed by atoms with Gasteiger partial charge in [-0.2, -0.15) is 0 Å². The summed E-state index contributed by atoms with van der Waals surface area (Å²) in [6.45, 7) is 3.90. The second kappa shape index (κ2) is 64.8. The van der Waals surface area contributed by atoms with Gasteiger partial charge in [0.25, 0.3) is 0 Å². The molecule has 0 rings (SSSR count). The highest BCUT2D eigenvalue weighted by molar-refractivity contribution is 5.70. The Labute approximate surface area is 469 Å². The first-order chi connectivity index (χ1) is 37.6. The van der Waals surface area contributed by atoms with Crippen LogP contribution in [-0.2, 0) is 19.1 Å². The maximum atomic E-state index is 12.3. The van der Waals surface area contributed by atoms with Gasteiger partial charge in [-0.1, -0.05) is 281 Å². The van der Waals surface area contributed by atoms with E-state index in [2.05, 4.69) is 172 Å². The molecule has 76 heavy (non-hydrogen) atoms. The van der Waals surface area contributed by atoms with Crippen LogP contribution in [0.2, 0.25) is 0 Å². The van der Waals surface area contributed by atoms with Gasteiger partial charge in [-0.3, -0.25) is 9.59 Å². The van der Waals surface area contributed by atoms with E-state index in [0.29, 0.717) is 12.8 Å². The van der Waals surface area contributed by atoms with E-state index in [1.54, 1.807) is 0 Å². The summed E-state index contributed by atoms with van der Waals surface area (Å²) in [5, 5.41) is 9.68. The van der Waals surface area contributed by atoms with Crippen molar-refractivity contribution in [2.75, 3.05) is 13.2 Å². The fourth-order valence-electron chi connectivity index (χ4n) is 8.25. The number of aliphatic hydroxyl groups is 1. The average molecular weight is 1050 g/mol. The Kier molecular flexibility index (Phi) is 61.0. The standard InChI is InChI=1S/C71H114O5/c1-3-5-7-9-11-13-15-17-19-21-23-25-27-29-31-33-35-37-39-41-43-45-47-49-51-53-55-57-59-61-63-65-70(73)75-68-69(67-72)76-71(74)66-64-62-60-58-56-54-52-50-48-46-44-42-40-38-36-34-32-30-28-26-24-22-20-18-16-14-12-10-8-6-4-2/h5-8,11-14,17-20,23-26,29-32,36,38,42,44,48,50,69,72H,3-4,9-10,15-16,21-22,27-28,33-35,37,39-41,43,45-47,49,51-68H2,1-2H3/b7-5-,8-6-,13-11-,14-12-,19-17-,20-18-,25-23-,26-24-,31-29-,32-30-,38-36-,44-42-,50-48-. The second-order valence-electron chi connectivity index (χ2n) is 20.0. The molecule has 0 radical (unpaired) electrons. The third kappa shape index (κ3) is 62.1. The van der Waals surface area contributed by atoms with E-state index in [1.165, 1.54) is 103 Å². The molecule has 0 amide bonds. The lowest BCUT2D eigenvalue weighted by atomic mass is 10.0. The lowest BCUT2D eigenvalue weighted by molar-refractivity contribution is -0.161. The van der Waals surface area contributed by atoms with Crippen molar-refractivity contribution in [1.82, 2.24) is 0 Å². The molecule has 0 aliphatic carbocycles. The van der Waals surface area contributed by atoms with Crippen molar-refractivity contribution >= 4 is 11.9 Å². The molecule has 5 nitrogen and oxygen atoms in total. The van der Waals surface area contributed by atoms with Gasteiger partial charge in [0.15, 0.2) is 6.10 Å². The van der Waals surface area contributed by atoms with Crippen molar-refractivity contribution in [1.29, 1.82) is 0 Å². The number of rotatable bonds is 55. The van der Waals surface area contributed by atoms with Crippen LogP contribution in [-0.4, -0.2) is 36.4 Å². The molecule has 0 aromatic rings. The molecular weight excluding hydrogens is 933 g/mol. The average Bonchev–Trinajstić information content (AvgIpc) is 3.42. The van der Waals surface area contributed by atoms with Crippen LogP contribution in [0.1, 0.15) is 258 Å². The molecule has 0 saturated carbocycles. The van der Waals surface area contributed by atoms with Crippen LogP contribution < -0.4 is 0 Å². The molecule has 1 N–H and O–H groups in total. The van der Waals surface area contributed by atoms with Crippen LogP contribution in [0.5, 0.6) is 0 Å². The molecule has 0 bridgehead atoms. The number of allylic oxidation sites excluding steroid dienone is 26. The minimum Gasteiger partial charge on any atom is -0.462 e. The Morgan fingerprint density at radius 3 is 0.789 bits per heavy atom. The molecule has 0 saturated heterocycles. The number of carbonyl (C=O) groups is 2. The minimum absolute atomic E-state index is 0.0808. The van der Waals surface area contributed by atoms with Crippen molar-refractivity contribution in [3.05, 3.63) is 158 Å². The van der Waals surface area contributed by atoms with Crippen LogP contribution in [0.25, 0.3) is 0 Å². The zero-order valence-electron chi connectivity index (χ0n) is 49.0. The summed E-state index contributed by atoms with van der Waals surface area (Å²) in [5.74, 6) is -0.613. The van der Waals surface area contributed by atoms with Gasteiger partial charge in [-0.15, -0.1) is 0 Å². The molecule has 5 heteroatoms. The van der Waals surface area contributed by atoms with E-state index in [4.69, 9.17) is 9.47 Å². The van der Waals surface area contributed by atoms with Crippen LogP contribution >= 0.6 is 0 Å². The fourth-order valence-corrected chi connectivity index (χ4v) is 8.25. The molecular formula is C71H114O5. The molecule has 0 spiro atoms. The maximum absolute atomic E-state index is 12.3. The highest BCUT2D eigenvalue weighted by Crippen LogP contribution is 2.15. The molecule has 0 fully saturated rings. The van der Waals surface area contributed by atoms with Crippen molar-refractivity contribution in [3.63, 3.8) is 0 Å². The Balaban J connectivity index is 3.57. The number of hydrogen-bond donors (Lipinski definition) is 1. The molecule has 0 aromatic carbocycles. The molecule has 0 aromatic heterocycles. The van der Waals surface area contributed by atoms with E-state index in [9.17, 15) is 14.7 Å². The molecule has 428 valence electrons. The Morgan fingerprint density at radius 2 is 0.526 bits per heavy atom. The summed E-state index contributed by atoms with van der Waals surface area (Å²) in [4.78, 5) is 24.6. The summed E-state index contributed by atoms with van der Waals surface area (Å²) in [6.07, 6.45) is 99.4. The Hall–Kier alpha value is -4.48. The first-order valence-electron chi connectivity index (χ1n) is 31.0. The molecule has 0 heterocycles. The predicted molar refractivity (Wildman–Crippen MR) is 334 cm³/mol. The van der Waals surface area contributed by atoms with Crippen LogP contribution in [0, 0.1) is 0 Å². The number of aliphatic hydroxyl groups excluding tert-OH is 1. The van der Waals surface area contributed by atoms with Gasteiger partial charge in [0.2, 0.25) is 0 Å². The van der Waals surface area contributed by atoms with Crippen LogP contribution in [0.15, 0.2) is 158 Å². The highest BCUT2D eigenvalue weighted by atomic mass is 16.6. The topological polar surface area (TPSA) is 72.8 Å². The number of esters is 2. The zero-order chi connectivity index (χ0) is 54.8. The zero-order valence-corrected chi connectivity index (χ0v) is 49.0. The van der Waals surface area contributed by atoms with Gasteiger partial charge >= 0.3 is 11.9 Å². The first kappa shape index (κ1) is 71.5. The Bertz CT molecular complexity index is 1660. The van der Waals surface area contributed by atoms with E-state index in [0.717, 1.165) is 128 Å². The van der Waals surface area contributed by atoms with E-state index in [1.807, 2.05) is 0 Å². The fraction of sp³-hybridized carbons (Fsp3) is 0.606. The summed E-state index contributed by atoms with van der Waals surface area (Å²) >= 11 is 0. The predicted octanol–water partition coefficient (Wildman–Crippen LogP) is 21.5. The van der Waals surface area contributed by atoms with Gasteiger partial charge in [0.1, 0.15) is 6.61 Å². The second-order valence-corrected chi connectivity index (χ2v) is 20.0. The number of ether oxygens (including phenoxy) is 2. The summed E-state index contributed by atoms with van der Waals surface area (Å²) < 4.78 is 10.7. The summed E-state index contributed by atoms with van der Waals surface area (Å²) in [5.41, 5.74) is 0. The van der Waals surface area contributed by atoms with Crippen molar-refractivity contribution < 1.29 is 24.2 Å². The summed E-state index contributed by atoms with van der Waals surface area (Å²) in [6, 6.07) is 0. The lowest BCUT2D eigenvalue weighted by Crippen LogP contribution is -2.28. The Morgan fingerprint density at radius 1 is 0.303 bits per heavy atom. The van der Waals surface area contributed by atoms with E-state index in [-0.39, 0.29) is 25.2 Å². The SMILES string of the molecule is CC/C=C\C/C=C\C/C=C\C/C=C\C/C=C\C/C=C\C/C=C\C/C=C\CCCCCCCCC(=O)OC(CO)COC(=O)CCCCCCCCCCCCCCCCC/C=C\C/C=C\C/C=C\C/C=C\C/C=C\CC. The third-order valence-corrected chi connectivity index (χ3v) is 12.8. The molecule has 0 aliphatic rings. The van der Waals surface area contributed by atoms with Crippen LogP contribution in [0.3, 0.4) is 0 Å². The van der Waals surface area contributed by atoms with Crippen LogP contribution in [0.4, 0.5) is 0 Å². The smallest absolute Gasteiger partial charge is 0.306 e. The number of carbonyl (C=O) groups excluding carboxylic acids is 2. The quantitative estimate of drug-likeness (QED) is 0.0373. The lowest BCUT2D eigenvalue weighted by Gasteiger charge is -2.15. The van der Waals surface area contributed by atoms with E-state index >= 15 is 0 Å². The highest BCUT2D eigenvalue weighted by Gasteiger charge is 2.16. The molecule has 0 aliphatic heterocycles. The van der Waals surface area contributed by atoms with Gasteiger partial charge in [-0.25, -0.2) is 0 Å². The maximum Gasteiger partial charge on any atom is 0.306 e. The summed E-state index contributed by atoms with van der Waals surface area (Å²) in [7, 11) is 0. The van der Waals surface area contributed by atoms with Crippen molar-refractivity contribution in [3.8, 4) is 0 Å². The third-order valence-electron chi connectivity index (χ3n) is 12.8. The van der Waals surface area contributed by atoms with Gasteiger partial charge < -0.3 is 14.6 Å². The van der Waals surface area contributed by atoms with E-state index < -0.39 is 6.10 Å². The molecule has 1 unspecified atom stereocenters. The largest absolute Gasteiger partial charge is 0.462 e. The number of unbranched alkanes of at least 4 members (excludes halogenated alkanes) is 21. The van der Waals surface area contributed by atoms with Gasteiger partial charge in [-0.05, 0) is 122 Å². The minimum atomic E-state index is -0.793. The number of hydrogen-bond acceptors (Lipinski definition) is 5. The molecule has 1 atom stereocenters. The van der Waals surface area contributed by atoms with Crippen molar-refractivity contribution in [2.24, 2.45) is 0 Å². The van der Waals surface area contributed by atoms with Crippen molar-refractivity contribution in [2.45, 2.75) is 264 Å². The monoisotopic (exact) mass is 1050 g/mol. The normalized spacial score (nSPS) is 13.4. The van der Waals surface area contributed by atoms with Gasteiger partial charge in [0, 0.05) is 12.8 Å². The van der Waals surface area contributed by atoms with Gasteiger partial charge in [0.05, 0.1) is 6.61 Å².